The Bertz CT molecular complexity index is 745. The summed E-state index contributed by atoms with van der Waals surface area (Å²) in [7, 11) is 0. The lowest BCUT2D eigenvalue weighted by Crippen LogP contribution is -2.02. The molecular formula is C21H24O4. The second-order valence-electron chi connectivity index (χ2n) is 5.69. The van der Waals surface area contributed by atoms with E-state index >= 15 is 0 Å². The smallest absolute Gasteiger partial charge is 0.336 e. The molecule has 0 fully saturated rings. The second kappa shape index (κ2) is 8.92. The Kier molecular flexibility index (Phi) is 6.63. The van der Waals surface area contributed by atoms with Crippen LogP contribution in [0.1, 0.15) is 37.0 Å². The molecule has 0 aliphatic carbocycles. The quantitative estimate of drug-likeness (QED) is 0.553. The summed E-state index contributed by atoms with van der Waals surface area (Å²) >= 11 is 0. The van der Waals surface area contributed by atoms with Gasteiger partial charge in [-0.25, -0.2) is 4.79 Å². The van der Waals surface area contributed by atoms with Crippen molar-refractivity contribution in [2.24, 2.45) is 0 Å². The van der Waals surface area contributed by atoms with Crippen molar-refractivity contribution in [2.45, 2.75) is 27.2 Å². The van der Waals surface area contributed by atoms with E-state index in [-0.39, 0.29) is 5.57 Å². The van der Waals surface area contributed by atoms with Gasteiger partial charge >= 0.3 is 5.97 Å². The summed E-state index contributed by atoms with van der Waals surface area (Å²) < 4.78 is 11.0. The van der Waals surface area contributed by atoms with Crippen LogP contribution in [0.3, 0.4) is 0 Å². The predicted molar refractivity (Wildman–Crippen MR) is 100 cm³/mol. The molecule has 0 bridgehead atoms. The molecule has 2 aromatic carbocycles. The topological polar surface area (TPSA) is 55.8 Å². The van der Waals surface area contributed by atoms with E-state index in [2.05, 4.69) is 0 Å². The standard InChI is InChI=1S/C21H24O4/c1-4-12-25-18-10-11-19(15(3)13-18)20(21(22)23)14-16-6-8-17(9-7-16)24-5-2/h6-11,13-14H,4-5,12H2,1-3H3,(H,22,23)/b20-14-. The molecule has 0 heterocycles. The number of aryl methyl sites for hydroxylation is 1. The maximum Gasteiger partial charge on any atom is 0.336 e. The Labute approximate surface area is 148 Å². The first-order chi connectivity index (χ1) is 12.0. The fourth-order valence-corrected chi connectivity index (χ4v) is 2.50. The van der Waals surface area contributed by atoms with Crippen molar-refractivity contribution in [2.75, 3.05) is 13.2 Å². The van der Waals surface area contributed by atoms with Crippen LogP contribution < -0.4 is 9.47 Å². The fourth-order valence-electron chi connectivity index (χ4n) is 2.50. The van der Waals surface area contributed by atoms with Crippen LogP contribution in [0.5, 0.6) is 11.5 Å². The highest BCUT2D eigenvalue weighted by Crippen LogP contribution is 2.26. The van der Waals surface area contributed by atoms with Crippen molar-refractivity contribution >= 4 is 17.6 Å². The van der Waals surface area contributed by atoms with E-state index < -0.39 is 5.97 Å². The molecule has 0 aliphatic rings. The summed E-state index contributed by atoms with van der Waals surface area (Å²) in [6, 6.07) is 12.9. The maximum atomic E-state index is 11.8. The van der Waals surface area contributed by atoms with Gasteiger partial charge in [-0.1, -0.05) is 25.1 Å². The summed E-state index contributed by atoms with van der Waals surface area (Å²) in [5, 5.41) is 9.64. The number of benzene rings is 2. The first-order valence-electron chi connectivity index (χ1n) is 8.46. The number of ether oxygens (including phenoxy) is 2. The molecule has 25 heavy (non-hydrogen) atoms. The molecule has 0 aromatic heterocycles. The molecule has 2 aromatic rings. The van der Waals surface area contributed by atoms with Crippen LogP contribution in [0.2, 0.25) is 0 Å². The Morgan fingerprint density at radius 3 is 2.28 bits per heavy atom. The summed E-state index contributed by atoms with van der Waals surface area (Å²) in [5.74, 6) is 0.568. The van der Waals surface area contributed by atoms with Gasteiger partial charge in [0.1, 0.15) is 11.5 Å². The largest absolute Gasteiger partial charge is 0.494 e. The highest BCUT2D eigenvalue weighted by molar-refractivity contribution is 6.21. The van der Waals surface area contributed by atoms with Crippen LogP contribution >= 0.6 is 0 Å². The predicted octanol–water partition coefficient (Wildman–Crippen LogP) is 4.81. The minimum absolute atomic E-state index is 0.253. The van der Waals surface area contributed by atoms with E-state index in [4.69, 9.17) is 9.47 Å². The van der Waals surface area contributed by atoms with E-state index in [1.54, 1.807) is 12.1 Å². The summed E-state index contributed by atoms with van der Waals surface area (Å²) in [5.41, 5.74) is 2.62. The van der Waals surface area contributed by atoms with E-state index in [0.29, 0.717) is 18.8 Å². The third kappa shape index (κ3) is 5.11. The molecule has 4 nitrogen and oxygen atoms in total. The van der Waals surface area contributed by atoms with Gasteiger partial charge in [0.25, 0.3) is 0 Å². The summed E-state index contributed by atoms with van der Waals surface area (Å²) in [6.07, 6.45) is 2.60. The van der Waals surface area contributed by atoms with Gasteiger partial charge in [-0.2, -0.15) is 0 Å². The highest BCUT2D eigenvalue weighted by atomic mass is 16.5. The average Bonchev–Trinajstić information content (AvgIpc) is 2.60. The minimum Gasteiger partial charge on any atom is -0.494 e. The van der Waals surface area contributed by atoms with Crippen LogP contribution in [0.25, 0.3) is 11.6 Å². The lowest BCUT2D eigenvalue weighted by atomic mass is 9.98. The van der Waals surface area contributed by atoms with E-state index in [0.717, 1.165) is 29.0 Å². The normalized spacial score (nSPS) is 11.2. The van der Waals surface area contributed by atoms with Gasteiger partial charge in [0.05, 0.1) is 18.8 Å². The van der Waals surface area contributed by atoms with Gasteiger partial charge in [0.2, 0.25) is 0 Å². The highest BCUT2D eigenvalue weighted by Gasteiger charge is 2.14. The molecule has 0 saturated heterocycles. The maximum absolute atomic E-state index is 11.8. The van der Waals surface area contributed by atoms with Gasteiger partial charge in [-0.3, -0.25) is 0 Å². The number of carboxylic acid groups (broad SMARTS) is 1. The first kappa shape index (κ1) is 18.6. The lowest BCUT2D eigenvalue weighted by Gasteiger charge is -2.11. The molecule has 0 amide bonds. The second-order valence-corrected chi connectivity index (χ2v) is 5.69. The summed E-state index contributed by atoms with van der Waals surface area (Å²) in [6.45, 7) is 7.10. The van der Waals surface area contributed by atoms with Crippen molar-refractivity contribution in [1.29, 1.82) is 0 Å². The molecule has 2 rings (SSSR count). The molecule has 1 N–H and O–H groups in total. The van der Waals surface area contributed by atoms with Crippen LogP contribution in [0.15, 0.2) is 42.5 Å². The molecule has 4 heteroatoms. The monoisotopic (exact) mass is 340 g/mol. The van der Waals surface area contributed by atoms with Gasteiger partial charge in [0, 0.05) is 0 Å². The van der Waals surface area contributed by atoms with E-state index in [1.807, 2.05) is 57.2 Å². The fraction of sp³-hybridized carbons (Fsp3) is 0.286. The molecule has 0 radical (unpaired) electrons. The molecule has 0 atom stereocenters. The third-order valence-corrected chi connectivity index (χ3v) is 3.69. The minimum atomic E-state index is -0.959. The average molecular weight is 340 g/mol. The van der Waals surface area contributed by atoms with E-state index in [1.165, 1.54) is 0 Å². The molecule has 0 spiro atoms. The Hall–Kier alpha value is -2.75. The zero-order chi connectivity index (χ0) is 18.2. The van der Waals surface area contributed by atoms with Gasteiger partial charge in [-0.05, 0) is 67.3 Å². The van der Waals surface area contributed by atoms with Crippen LogP contribution in [-0.4, -0.2) is 24.3 Å². The Balaban J connectivity index is 2.32. The van der Waals surface area contributed by atoms with Crippen LogP contribution in [-0.2, 0) is 4.79 Å². The summed E-state index contributed by atoms with van der Waals surface area (Å²) in [4.78, 5) is 11.8. The molecule has 0 aliphatic heterocycles. The van der Waals surface area contributed by atoms with Crippen molar-refractivity contribution < 1.29 is 19.4 Å². The van der Waals surface area contributed by atoms with Crippen molar-refractivity contribution in [3.8, 4) is 11.5 Å². The third-order valence-electron chi connectivity index (χ3n) is 3.69. The number of carbonyl (C=O) groups is 1. The zero-order valence-corrected chi connectivity index (χ0v) is 14.9. The van der Waals surface area contributed by atoms with Gasteiger partial charge in [0.15, 0.2) is 0 Å². The number of rotatable bonds is 8. The molecule has 0 unspecified atom stereocenters. The van der Waals surface area contributed by atoms with Crippen LogP contribution in [0, 0.1) is 6.92 Å². The number of hydrogen-bond donors (Lipinski definition) is 1. The number of hydrogen-bond acceptors (Lipinski definition) is 3. The van der Waals surface area contributed by atoms with Crippen LogP contribution in [0.4, 0.5) is 0 Å². The SMILES string of the molecule is CCCOc1ccc(/C(=C/c2ccc(OCC)cc2)C(=O)O)c(C)c1. The van der Waals surface area contributed by atoms with Crippen molar-refractivity contribution in [3.63, 3.8) is 0 Å². The zero-order valence-electron chi connectivity index (χ0n) is 14.9. The number of carboxylic acids is 1. The number of aliphatic carboxylic acids is 1. The van der Waals surface area contributed by atoms with Gasteiger partial charge < -0.3 is 14.6 Å². The molecular weight excluding hydrogens is 316 g/mol. The molecule has 132 valence electrons. The van der Waals surface area contributed by atoms with E-state index in [9.17, 15) is 9.90 Å². The van der Waals surface area contributed by atoms with Gasteiger partial charge in [-0.15, -0.1) is 0 Å². The first-order valence-corrected chi connectivity index (χ1v) is 8.46. The Morgan fingerprint density at radius 1 is 1.04 bits per heavy atom. The Morgan fingerprint density at radius 2 is 1.72 bits per heavy atom. The molecule has 0 saturated carbocycles. The lowest BCUT2D eigenvalue weighted by molar-refractivity contribution is -0.130. The van der Waals surface area contributed by atoms with Crippen molar-refractivity contribution in [3.05, 3.63) is 59.2 Å². The van der Waals surface area contributed by atoms with Crippen molar-refractivity contribution in [1.82, 2.24) is 0 Å².